The van der Waals surface area contributed by atoms with Gasteiger partial charge in [-0.15, -0.1) is 0 Å². The van der Waals surface area contributed by atoms with Crippen molar-refractivity contribution in [2.24, 2.45) is 17.4 Å². The Bertz CT molecular complexity index is 5260. The molecule has 0 saturated carbocycles. The maximum atomic E-state index is 16.4. The molecule has 8 aliphatic rings. The minimum absolute atomic E-state index is 0.131. The number of hydrogen-bond acceptors (Lipinski definition) is 31. The first-order valence-corrected chi connectivity index (χ1v) is 41.0. The summed E-state index contributed by atoms with van der Waals surface area (Å²) in [6.07, 6.45) is -27.6. The van der Waals surface area contributed by atoms with Crippen LogP contribution < -0.4 is 68.2 Å². The van der Waals surface area contributed by atoms with Gasteiger partial charge in [-0.3, -0.25) is 38.5 Å². The lowest BCUT2D eigenvalue weighted by Gasteiger charge is -2.46. The molecule has 674 valence electrons. The van der Waals surface area contributed by atoms with Crippen molar-refractivity contribution in [1.29, 1.82) is 0 Å². The Balaban J connectivity index is 0.962. The lowest BCUT2D eigenvalue weighted by atomic mass is 9.86. The lowest BCUT2D eigenvalue weighted by molar-refractivity contribution is -0.350. The summed E-state index contributed by atoms with van der Waals surface area (Å²) in [5, 5.41) is 160. The predicted molar refractivity (Wildman–Crippen MR) is 441 cm³/mol. The summed E-state index contributed by atoms with van der Waals surface area (Å²) in [5.41, 5.74) is 10.1. The van der Waals surface area contributed by atoms with Gasteiger partial charge < -0.3 is 153 Å². The largest absolute Gasteiger partial charge is 0.508 e. The number of benzene rings is 6. The van der Waals surface area contributed by atoms with Crippen LogP contribution in [0.25, 0.3) is 22.4 Å². The number of rotatable bonds is 20. The van der Waals surface area contributed by atoms with E-state index >= 15 is 24.0 Å². The van der Waals surface area contributed by atoms with Crippen molar-refractivity contribution >= 4 is 82.1 Å². The van der Waals surface area contributed by atoms with Gasteiger partial charge in [-0.05, 0) is 134 Å². The maximum Gasteiger partial charge on any atom is 0.330 e. The molecule has 7 amide bonds. The summed E-state index contributed by atoms with van der Waals surface area (Å²) in [4.78, 5) is 125. The molecule has 8 aliphatic heterocycles. The molecule has 39 nitrogen and oxygen atoms in total. The fraction of sp³-hybridized carbons (Fsp3) is 0.417. The number of nitrogens with one attached hydrogen (secondary N) is 8. The normalized spacial score (nSPS) is 29.6. The molecule has 11 bridgehead atoms. The van der Waals surface area contributed by atoms with Crippen LogP contribution in [0.3, 0.4) is 0 Å². The Kier molecular flexibility index (Phi) is 28.6. The molecule has 7 aromatic rings. The van der Waals surface area contributed by atoms with Gasteiger partial charge in [0.25, 0.3) is 0 Å². The average Bonchev–Trinajstić information content (AvgIpc) is 0.761. The van der Waals surface area contributed by atoms with Crippen LogP contribution in [0.1, 0.15) is 111 Å². The molecular weight excluding hydrogens is 1720 g/mol. The van der Waals surface area contributed by atoms with Gasteiger partial charge in [0.05, 0.1) is 47.0 Å². The molecule has 0 radical (unpaired) electrons. The minimum atomic E-state index is -2.43. The van der Waals surface area contributed by atoms with Gasteiger partial charge in [0.1, 0.15) is 120 Å². The minimum Gasteiger partial charge on any atom is -0.508 e. The number of phenolic OH excluding ortho intramolecular Hbond substituents is 3. The van der Waals surface area contributed by atoms with Crippen molar-refractivity contribution in [3.63, 3.8) is 0 Å². The van der Waals surface area contributed by atoms with Crippen LogP contribution in [0.5, 0.6) is 46.0 Å². The average molecular weight is 1810 g/mol. The van der Waals surface area contributed by atoms with Gasteiger partial charge in [-0.1, -0.05) is 85.0 Å². The molecule has 15 rings (SSSR count). The lowest BCUT2D eigenvalue weighted by Crippen LogP contribution is -2.65. The van der Waals surface area contributed by atoms with Crippen molar-refractivity contribution in [3.05, 3.63) is 170 Å². The number of nitrogens with zero attached hydrogens (tertiary/aromatic N) is 1. The van der Waals surface area contributed by atoms with Gasteiger partial charge in [0.2, 0.25) is 53.4 Å². The number of halogens is 3. The predicted octanol–water partition coefficient (Wildman–Crippen LogP) is 1.44. The Hall–Kier alpha value is -10.7. The molecule has 42 heteroatoms. The number of ether oxygens (including phenoxy) is 8. The second-order valence-electron chi connectivity index (χ2n) is 32.0. The number of aliphatic hydroxyl groups is 8. The number of fused-ring (bicyclic) bond motifs is 15. The SMILES string of the molecule is CN[C@H](CC(C)C)C(=O)NC1C(=O)N[C@H](CC(N)=O)C(=O)N[C@H]2C(=O)N[C@@H]3C(=O)N[C@H](C(=O)N[C@H](C(=O)O)c4cc(O)cc(O)c4-c4cc3ccc4O)[C@H](OC3C[C@](C)(N)[C@@H](O)[C@H](C)O3)c3ccc(c(Cl)c3)Oc3cc2cc(c3O[C@@H]2O[C@H](CO)[C@@H](O[C@@H]3O[C@H](CNCc4ccc(-c5ccc(Cl)cc5)nc4)[C@H](O)[C@H](O)[C@H]3O)[C@H](O)[C@H]2O)Oc2ccc(cc2Cl)[C@H]1O. The van der Waals surface area contributed by atoms with Crippen molar-refractivity contribution in [3.8, 4) is 68.4 Å². The number of aromatic nitrogens is 1. The highest BCUT2D eigenvalue weighted by molar-refractivity contribution is 6.32. The maximum absolute atomic E-state index is 16.4. The van der Waals surface area contributed by atoms with Gasteiger partial charge in [-0.25, -0.2) is 4.79 Å². The van der Waals surface area contributed by atoms with E-state index in [-0.39, 0.29) is 43.0 Å². The number of amides is 7. The summed E-state index contributed by atoms with van der Waals surface area (Å²) in [5.74, 6) is -16.7. The Morgan fingerprint density at radius 2 is 1.29 bits per heavy atom. The van der Waals surface area contributed by atoms with Crippen LogP contribution in [-0.2, 0) is 68.6 Å². The Labute approximate surface area is 732 Å². The molecule has 126 heavy (non-hydrogen) atoms. The van der Waals surface area contributed by atoms with E-state index in [4.69, 9.17) is 84.2 Å². The zero-order valence-electron chi connectivity index (χ0n) is 67.7. The summed E-state index contributed by atoms with van der Waals surface area (Å²) in [6.45, 7) is 5.36. The Morgan fingerprint density at radius 3 is 1.92 bits per heavy atom. The number of hydrogen-bond donors (Lipinski definition) is 22. The molecular formula is C84H94Cl3N11O28. The fourth-order valence-electron chi connectivity index (χ4n) is 15.7. The molecule has 3 fully saturated rings. The van der Waals surface area contributed by atoms with E-state index in [0.717, 1.165) is 72.3 Å². The van der Waals surface area contributed by atoms with Crippen LogP contribution in [-0.4, -0.2) is 243 Å². The molecule has 23 atom stereocenters. The van der Waals surface area contributed by atoms with Gasteiger partial charge in [0, 0.05) is 64.6 Å². The first-order valence-electron chi connectivity index (χ1n) is 39.8. The van der Waals surface area contributed by atoms with E-state index in [9.17, 15) is 75.7 Å². The van der Waals surface area contributed by atoms with Crippen LogP contribution in [0.15, 0.2) is 121 Å². The highest BCUT2D eigenvalue weighted by Crippen LogP contribution is 2.50. The molecule has 24 N–H and O–H groups in total. The zero-order valence-corrected chi connectivity index (χ0v) is 70.0. The molecule has 2 unspecified atom stereocenters. The topological polar surface area (TPSA) is 614 Å². The highest BCUT2D eigenvalue weighted by atomic mass is 35.5. The summed E-state index contributed by atoms with van der Waals surface area (Å²) in [6, 6.07) is 9.56. The molecule has 0 aliphatic carbocycles. The van der Waals surface area contributed by atoms with Gasteiger partial charge in [-0.2, -0.15) is 0 Å². The van der Waals surface area contributed by atoms with E-state index in [1.54, 1.807) is 56.4 Å². The van der Waals surface area contributed by atoms with E-state index < -0.39 is 284 Å². The first-order chi connectivity index (χ1) is 59.8. The number of carbonyl (C=O) groups excluding carboxylic acids is 7. The van der Waals surface area contributed by atoms with Crippen LogP contribution in [0, 0.1) is 5.92 Å². The molecule has 3 saturated heterocycles. The number of aliphatic hydroxyl groups excluding tert-OH is 8. The van der Waals surface area contributed by atoms with Gasteiger partial charge in [0.15, 0.2) is 30.1 Å². The van der Waals surface area contributed by atoms with E-state index in [0.29, 0.717) is 16.3 Å². The van der Waals surface area contributed by atoms with Crippen LogP contribution >= 0.6 is 34.8 Å². The third-order valence-electron chi connectivity index (χ3n) is 22.3. The van der Waals surface area contributed by atoms with Crippen molar-refractivity contribution in [1.82, 2.24) is 47.5 Å². The molecule has 6 aromatic carbocycles. The third-order valence-corrected chi connectivity index (χ3v) is 23.2. The number of aromatic hydroxyl groups is 3. The molecule has 1 aromatic heterocycles. The number of pyridine rings is 1. The number of aliphatic carboxylic acids is 1. The number of carboxylic acids is 1. The zero-order chi connectivity index (χ0) is 90.9. The number of carbonyl (C=O) groups is 8. The summed E-state index contributed by atoms with van der Waals surface area (Å²) >= 11 is 20.6. The van der Waals surface area contributed by atoms with Crippen LogP contribution in [0.2, 0.25) is 15.1 Å². The second kappa shape index (κ2) is 38.8. The number of likely N-dealkylation sites (N-methyl/N-ethyl adjacent to an activating group) is 1. The fourth-order valence-corrected chi connectivity index (χ4v) is 16.3. The summed E-state index contributed by atoms with van der Waals surface area (Å²) < 4.78 is 51.2. The van der Waals surface area contributed by atoms with E-state index in [1.165, 1.54) is 33.0 Å². The molecule has 0 spiro atoms. The van der Waals surface area contributed by atoms with Crippen LogP contribution in [0.4, 0.5) is 0 Å². The molecule has 9 heterocycles. The van der Waals surface area contributed by atoms with Crippen molar-refractivity contribution in [2.75, 3.05) is 20.2 Å². The smallest absolute Gasteiger partial charge is 0.330 e. The summed E-state index contributed by atoms with van der Waals surface area (Å²) in [7, 11) is 1.46. The quantitative estimate of drug-likeness (QED) is 0.0513. The Morgan fingerprint density at radius 1 is 0.659 bits per heavy atom. The first kappa shape index (κ1) is 92.9. The number of carboxylic acid groups (broad SMARTS) is 1. The second-order valence-corrected chi connectivity index (χ2v) is 33.3. The standard InChI is InChI=1S/C84H94Cl3N11O28/c1-32(2)18-47(90-5)75(111)97-63-65(104)37-10-16-51(44(86)20-37)120-53-22-39-23-54(72(53)125-83-70(109)68(107)73(56(31-99)123-83)126-82-69(108)67(106)66(105)55(122-82)30-91-28-34-6-14-46(92-29-34)35-7-12-40(85)13-8-35)121-52-17-11-38(21-45(52)87)71(124-58-27-84(4,89)74(110)33(3)119-58)64-80(116)96-62(81(117)118)43-24-41(100)25-50(102)59(43)42-19-36(9-15-49(42)101)60(77(113)98-64)95-78(114)61(39)94-76(112)48(26-57(88)103)93-79(63)115/h6-17,19-25,29,32-33,47-48,55-56,58,60-71,73-74,82-83,90-91,99-102,104-110H,18,26-28,30-31,89H2,1-5H3,(H2,88,103)(H,93,115)(H,94,112)(H,95,114)(H,96,116)(H,97,111)(H,98,113)(H,117,118)/t33-,47+,48+,55+,56+,58?,60-,61+,62-,63?,64-,65+,66-,67-,68+,69+,70+,71+,73+,74-,82-,83-,84-/m0/s1. The van der Waals surface area contributed by atoms with E-state index in [2.05, 4.69) is 47.5 Å². The van der Waals surface area contributed by atoms with Crippen molar-refractivity contribution in [2.45, 2.75) is 193 Å². The van der Waals surface area contributed by atoms with E-state index in [1.807, 2.05) is 0 Å². The van der Waals surface area contributed by atoms with Crippen molar-refractivity contribution < 1.29 is 138 Å². The highest BCUT2D eigenvalue weighted by Gasteiger charge is 2.53. The number of nitrogens with two attached hydrogens (primary N) is 2. The number of phenols is 3. The third kappa shape index (κ3) is 20.3. The number of primary amides is 1. The monoisotopic (exact) mass is 1810 g/mol. The van der Waals surface area contributed by atoms with Gasteiger partial charge >= 0.3 is 5.97 Å².